The van der Waals surface area contributed by atoms with Gasteiger partial charge in [-0.25, -0.2) is 0 Å². The van der Waals surface area contributed by atoms with Crippen LogP contribution < -0.4 is 10.2 Å². The number of nitrogens with one attached hydrogen (secondary N) is 1. The molecule has 52 heavy (non-hydrogen) atoms. The predicted octanol–water partition coefficient (Wildman–Crippen LogP) is 8.66. The number of amides is 2. The lowest BCUT2D eigenvalue weighted by molar-refractivity contribution is -0.141. The molecule has 2 fully saturated rings. The minimum atomic E-state index is -4.49. The standard InChI is InChI=1S/C42H47F3N4O2S/c43-42(44,45)30-46-40(51)41(37-16-6-4-14-35(37)36-15-5-7-17-38(36)41)22-8-9-23-47-24-26-48(27-25-47)32-20-18-31(19-21-32)39(50)49(29-34-13-10-28-52-34)33-11-2-1-3-12-33/h4-7,10,13-21,28,33H,1-3,8-9,11-12,22-27,29-30H2,(H,46,51). The lowest BCUT2D eigenvalue weighted by atomic mass is 9.73. The van der Waals surface area contributed by atoms with E-state index in [1.54, 1.807) is 11.3 Å². The van der Waals surface area contributed by atoms with Crippen LogP contribution in [0.5, 0.6) is 0 Å². The summed E-state index contributed by atoms with van der Waals surface area (Å²) in [6.07, 6.45) is 3.21. The fraction of sp³-hybridized carbons (Fsp3) is 0.429. The molecule has 1 saturated carbocycles. The van der Waals surface area contributed by atoms with E-state index in [-0.39, 0.29) is 11.9 Å². The molecule has 274 valence electrons. The van der Waals surface area contributed by atoms with E-state index in [4.69, 9.17) is 0 Å². The van der Waals surface area contributed by atoms with Crippen LogP contribution in [-0.2, 0) is 16.8 Å². The Morgan fingerprint density at radius 3 is 2.08 bits per heavy atom. The summed E-state index contributed by atoms with van der Waals surface area (Å²) in [5, 5.41) is 4.31. The van der Waals surface area contributed by atoms with Gasteiger partial charge in [-0.15, -0.1) is 11.3 Å². The highest BCUT2D eigenvalue weighted by molar-refractivity contribution is 7.09. The van der Waals surface area contributed by atoms with E-state index in [0.717, 1.165) is 85.5 Å². The van der Waals surface area contributed by atoms with Crippen LogP contribution in [0.2, 0.25) is 0 Å². The number of carbonyl (C=O) groups excluding carboxylic acids is 2. The van der Waals surface area contributed by atoms with Gasteiger partial charge in [0.2, 0.25) is 5.91 Å². The Labute approximate surface area is 308 Å². The fourth-order valence-electron chi connectivity index (χ4n) is 8.55. The van der Waals surface area contributed by atoms with E-state index in [0.29, 0.717) is 19.4 Å². The van der Waals surface area contributed by atoms with Crippen LogP contribution in [0.1, 0.15) is 77.7 Å². The Balaban J connectivity index is 0.947. The molecule has 10 heteroatoms. The molecule has 7 rings (SSSR count). The molecule has 0 atom stereocenters. The van der Waals surface area contributed by atoms with Gasteiger partial charge in [-0.3, -0.25) is 14.5 Å². The molecule has 0 unspecified atom stereocenters. The molecule has 6 nitrogen and oxygen atoms in total. The molecule has 1 N–H and O–H groups in total. The summed E-state index contributed by atoms with van der Waals surface area (Å²) in [6, 6.07) is 27.8. The molecule has 1 aromatic heterocycles. The second-order valence-electron chi connectivity index (χ2n) is 14.4. The normalized spacial score (nSPS) is 17.4. The lowest BCUT2D eigenvalue weighted by Gasteiger charge is -2.37. The maximum Gasteiger partial charge on any atom is 0.405 e. The maximum atomic E-state index is 13.8. The molecule has 2 aliphatic carbocycles. The van der Waals surface area contributed by atoms with Crippen LogP contribution in [0, 0.1) is 0 Å². The molecule has 0 radical (unpaired) electrons. The van der Waals surface area contributed by atoms with Gasteiger partial charge in [-0.1, -0.05) is 80.3 Å². The second kappa shape index (κ2) is 15.8. The molecule has 2 heterocycles. The molecule has 1 aliphatic heterocycles. The highest BCUT2D eigenvalue weighted by Gasteiger charge is 2.49. The topological polar surface area (TPSA) is 55.9 Å². The fourth-order valence-corrected chi connectivity index (χ4v) is 9.25. The second-order valence-corrected chi connectivity index (χ2v) is 15.5. The number of alkyl halides is 3. The van der Waals surface area contributed by atoms with E-state index in [1.165, 1.54) is 24.1 Å². The third-order valence-corrected chi connectivity index (χ3v) is 12.1. The summed E-state index contributed by atoms with van der Waals surface area (Å²) < 4.78 is 39.7. The van der Waals surface area contributed by atoms with Gasteiger partial charge in [-0.05, 0) is 90.2 Å². The molecule has 3 aliphatic rings. The molecule has 1 saturated heterocycles. The van der Waals surface area contributed by atoms with E-state index in [9.17, 15) is 22.8 Å². The van der Waals surface area contributed by atoms with Gasteiger partial charge in [0.05, 0.1) is 6.54 Å². The van der Waals surface area contributed by atoms with Gasteiger partial charge in [0.25, 0.3) is 5.91 Å². The van der Waals surface area contributed by atoms with Crippen molar-refractivity contribution in [1.82, 2.24) is 15.1 Å². The van der Waals surface area contributed by atoms with Crippen molar-refractivity contribution in [2.24, 2.45) is 0 Å². The van der Waals surface area contributed by atoms with Crippen molar-refractivity contribution in [3.8, 4) is 11.1 Å². The Morgan fingerprint density at radius 2 is 1.46 bits per heavy atom. The highest BCUT2D eigenvalue weighted by atomic mass is 32.1. The monoisotopic (exact) mass is 728 g/mol. The van der Waals surface area contributed by atoms with Crippen molar-refractivity contribution in [3.05, 3.63) is 112 Å². The van der Waals surface area contributed by atoms with Crippen molar-refractivity contribution in [2.75, 3.05) is 44.2 Å². The number of carbonyl (C=O) groups is 2. The number of hydrogen-bond acceptors (Lipinski definition) is 5. The first-order valence-corrected chi connectivity index (χ1v) is 19.6. The number of anilines is 1. The summed E-state index contributed by atoms with van der Waals surface area (Å²) in [4.78, 5) is 35.7. The Bertz CT molecular complexity index is 1770. The van der Waals surface area contributed by atoms with Crippen LogP contribution in [0.4, 0.5) is 18.9 Å². The minimum absolute atomic E-state index is 0.112. The zero-order valence-electron chi connectivity index (χ0n) is 29.5. The first-order chi connectivity index (χ1) is 25.2. The summed E-state index contributed by atoms with van der Waals surface area (Å²) in [5.74, 6) is -0.478. The van der Waals surface area contributed by atoms with Crippen LogP contribution in [-0.4, -0.2) is 73.1 Å². The van der Waals surface area contributed by atoms with Gasteiger partial charge >= 0.3 is 6.18 Å². The lowest BCUT2D eigenvalue weighted by Crippen LogP contribution is -2.47. The van der Waals surface area contributed by atoms with Gasteiger partial charge in [-0.2, -0.15) is 13.2 Å². The predicted molar refractivity (Wildman–Crippen MR) is 202 cm³/mol. The smallest absolute Gasteiger partial charge is 0.369 e. The Kier molecular flexibility index (Phi) is 11.0. The van der Waals surface area contributed by atoms with Gasteiger partial charge in [0.1, 0.15) is 12.0 Å². The zero-order valence-corrected chi connectivity index (χ0v) is 30.4. The molecular formula is C42H47F3N4O2S. The number of rotatable bonds is 12. The van der Waals surface area contributed by atoms with E-state index in [2.05, 4.69) is 49.7 Å². The highest BCUT2D eigenvalue weighted by Crippen LogP contribution is 2.51. The van der Waals surface area contributed by atoms with Crippen LogP contribution in [0.25, 0.3) is 11.1 Å². The first kappa shape index (κ1) is 36.2. The van der Waals surface area contributed by atoms with Gasteiger partial charge in [0, 0.05) is 48.3 Å². The van der Waals surface area contributed by atoms with Crippen molar-refractivity contribution in [3.63, 3.8) is 0 Å². The number of fused-ring (bicyclic) bond motifs is 3. The molecule has 2 amide bonds. The zero-order chi connectivity index (χ0) is 36.1. The van der Waals surface area contributed by atoms with E-state index in [1.807, 2.05) is 60.7 Å². The molecule has 0 spiro atoms. The van der Waals surface area contributed by atoms with Crippen LogP contribution >= 0.6 is 11.3 Å². The van der Waals surface area contributed by atoms with Crippen molar-refractivity contribution >= 4 is 28.8 Å². The SMILES string of the molecule is O=C(c1ccc(N2CCN(CCCCC3(C(=O)NCC(F)(F)F)c4ccccc4-c4ccccc43)CC2)cc1)N(Cc1cccs1)C1CCCCC1. The third kappa shape index (κ3) is 7.78. The average Bonchev–Trinajstić information content (AvgIpc) is 3.80. The average molecular weight is 729 g/mol. The number of nitrogens with zero attached hydrogens (tertiary/aromatic N) is 3. The number of halogens is 3. The molecule has 0 bridgehead atoms. The largest absolute Gasteiger partial charge is 0.405 e. The quantitative estimate of drug-likeness (QED) is 0.149. The first-order valence-electron chi connectivity index (χ1n) is 18.7. The number of benzene rings is 3. The third-order valence-electron chi connectivity index (χ3n) is 11.2. The summed E-state index contributed by atoms with van der Waals surface area (Å²) >= 11 is 1.70. The number of thiophene rings is 1. The van der Waals surface area contributed by atoms with Crippen LogP contribution in [0.3, 0.4) is 0 Å². The number of hydrogen-bond donors (Lipinski definition) is 1. The molecular weight excluding hydrogens is 682 g/mol. The Hall–Kier alpha value is -4.15. The van der Waals surface area contributed by atoms with E-state index < -0.39 is 24.0 Å². The van der Waals surface area contributed by atoms with Crippen molar-refractivity contribution in [1.29, 1.82) is 0 Å². The number of unbranched alkanes of at least 4 members (excludes halogenated alkanes) is 1. The summed E-state index contributed by atoms with van der Waals surface area (Å²) in [6.45, 7) is 3.67. The van der Waals surface area contributed by atoms with E-state index >= 15 is 0 Å². The van der Waals surface area contributed by atoms with Gasteiger partial charge < -0.3 is 15.1 Å². The summed E-state index contributed by atoms with van der Waals surface area (Å²) in [7, 11) is 0. The number of piperazine rings is 1. The minimum Gasteiger partial charge on any atom is -0.369 e. The van der Waals surface area contributed by atoms with Crippen LogP contribution in [0.15, 0.2) is 90.3 Å². The van der Waals surface area contributed by atoms with Crippen molar-refractivity contribution in [2.45, 2.75) is 75.5 Å². The summed E-state index contributed by atoms with van der Waals surface area (Å²) in [5.41, 5.74) is 4.07. The van der Waals surface area contributed by atoms with Gasteiger partial charge in [0.15, 0.2) is 0 Å². The van der Waals surface area contributed by atoms with Crippen molar-refractivity contribution < 1.29 is 22.8 Å². The molecule has 3 aromatic carbocycles. The Morgan fingerprint density at radius 1 is 0.808 bits per heavy atom. The maximum absolute atomic E-state index is 13.8. The molecule has 4 aromatic rings.